The molecule has 0 spiro atoms. The Morgan fingerprint density at radius 3 is 2.65 bits per heavy atom. The Morgan fingerprint density at radius 2 is 2.06 bits per heavy atom. The zero-order chi connectivity index (χ0) is 12.5. The molecule has 1 unspecified atom stereocenters. The van der Waals surface area contributed by atoms with Crippen molar-refractivity contribution in [3.63, 3.8) is 0 Å². The molecule has 1 atom stereocenters. The van der Waals surface area contributed by atoms with Crippen LogP contribution in [-0.2, 0) is 4.74 Å². The summed E-state index contributed by atoms with van der Waals surface area (Å²) >= 11 is 2.04. The highest BCUT2D eigenvalue weighted by molar-refractivity contribution is 7.99. The normalized spacial score (nSPS) is 25.1. The maximum atomic E-state index is 11.9. The van der Waals surface area contributed by atoms with E-state index >= 15 is 0 Å². The first-order valence-electron chi connectivity index (χ1n) is 6.53. The van der Waals surface area contributed by atoms with E-state index in [-0.39, 0.29) is 11.7 Å². The van der Waals surface area contributed by atoms with Crippen LogP contribution in [0.1, 0.15) is 40.0 Å². The van der Waals surface area contributed by atoms with E-state index in [9.17, 15) is 4.79 Å². The standard InChI is InChI=1S/C13H23NO2S/c1-13(2,3)16-12(15)14-7-6-11(8-14)17-9-10-4-5-10/h10-11H,4-9H2,1-3H3. The summed E-state index contributed by atoms with van der Waals surface area (Å²) in [5.41, 5.74) is -0.379. The predicted molar refractivity (Wildman–Crippen MR) is 71.4 cm³/mol. The average Bonchev–Trinajstić information content (AvgIpc) is 2.90. The molecule has 0 aromatic carbocycles. The zero-order valence-electron chi connectivity index (χ0n) is 11.1. The summed E-state index contributed by atoms with van der Waals surface area (Å²) in [6.07, 6.45) is 3.80. The second-order valence-corrected chi connectivity index (χ2v) is 7.45. The lowest BCUT2D eigenvalue weighted by Crippen LogP contribution is -2.35. The first-order chi connectivity index (χ1) is 7.94. The highest BCUT2D eigenvalue weighted by atomic mass is 32.2. The number of nitrogens with zero attached hydrogens (tertiary/aromatic N) is 1. The third kappa shape index (κ3) is 4.41. The topological polar surface area (TPSA) is 29.5 Å². The van der Waals surface area contributed by atoms with Gasteiger partial charge in [0.25, 0.3) is 0 Å². The third-order valence-corrected chi connectivity index (χ3v) is 4.58. The number of carbonyl (C=O) groups excluding carboxylic acids is 1. The average molecular weight is 257 g/mol. The van der Waals surface area contributed by atoms with Gasteiger partial charge in [0.15, 0.2) is 0 Å². The third-order valence-electron chi connectivity index (χ3n) is 3.06. The Hall–Kier alpha value is -0.380. The molecule has 17 heavy (non-hydrogen) atoms. The van der Waals surface area contributed by atoms with Gasteiger partial charge in [-0.2, -0.15) is 11.8 Å². The van der Waals surface area contributed by atoms with Crippen molar-refractivity contribution in [1.29, 1.82) is 0 Å². The Labute approximate surface area is 108 Å². The number of thioether (sulfide) groups is 1. The minimum atomic E-state index is -0.379. The Balaban J connectivity index is 1.70. The molecule has 1 heterocycles. The molecule has 2 rings (SSSR count). The van der Waals surface area contributed by atoms with Gasteiger partial charge in [-0.05, 0) is 51.7 Å². The van der Waals surface area contributed by atoms with Gasteiger partial charge < -0.3 is 9.64 Å². The van der Waals surface area contributed by atoms with Gasteiger partial charge in [0.05, 0.1) is 0 Å². The highest BCUT2D eigenvalue weighted by Gasteiger charge is 2.31. The molecule has 0 aromatic heterocycles. The van der Waals surface area contributed by atoms with Crippen molar-refractivity contribution in [2.75, 3.05) is 18.8 Å². The number of rotatable bonds is 3. The molecule has 0 N–H and O–H groups in total. The van der Waals surface area contributed by atoms with E-state index in [4.69, 9.17) is 4.74 Å². The maximum Gasteiger partial charge on any atom is 0.410 e. The summed E-state index contributed by atoms with van der Waals surface area (Å²) in [6.45, 7) is 7.48. The van der Waals surface area contributed by atoms with Gasteiger partial charge >= 0.3 is 6.09 Å². The summed E-state index contributed by atoms with van der Waals surface area (Å²) in [6, 6.07) is 0. The first-order valence-corrected chi connectivity index (χ1v) is 7.58. The Morgan fingerprint density at radius 1 is 1.35 bits per heavy atom. The lowest BCUT2D eigenvalue weighted by Gasteiger charge is -2.24. The van der Waals surface area contributed by atoms with Crippen LogP contribution in [0.5, 0.6) is 0 Å². The van der Waals surface area contributed by atoms with E-state index in [1.54, 1.807) is 0 Å². The fraction of sp³-hybridized carbons (Fsp3) is 0.923. The lowest BCUT2D eigenvalue weighted by molar-refractivity contribution is 0.0295. The van der Waals surface area contributed by atoms with Crippen molar-refractivity contribution in [2.24, 2.45) is 5.92 Å². The summed E-state index contributed by atoms with van der Waals surface area (Å²) < 4.78 is 5.39. The minimum Gasteiger partial charge on any atom is -0.444 e. The molecule has 0 radical (unpaired) electrons. The van der Waals surface area contributed by atoms with Crippen LogP contribution in [0.15, 0.2) is 0 Å². The molecule has 3 nitrogen and oxygen atoms in total. The van der Waals surface area contributed by atoms with E-state index in [2.05, 4.69) is 0 Å². The number of hydrogen-bond donors (Lipinski definition) is 0. The van der Waals surface area contributed by atoms with E-state index in [1.807, 2.05) is 37.4 Å². The number of carbonyl (C=O) groups is 1. The van der Waals surface area contributed by atoms with Gasteiger partial charge in [0.2, 0.25) is 0 Å². The molecule has 1 amide bonds. The lowest BCUT2D eigenvalue weighted by atomic mass is 10.2. The van der Waals surface area contributed by atoms with Crippen LogP contribution >= 0.6 is 11.8 Å². The number of amides is 1. The second-order valence-electron chi connectivity index (χ2n) is 6.11. The van der Waals surface area contributed by atoms with Crippen LogP contribution in [0.2, 0.25) is 0 Å². The molecule has 0 aromatic rings. The summed E-state index contributed by atoms with van der Waals surface area (Å²) in [5.74, 6) is 2.25. The van der Waals surface area contributed by atoms with Gasteiger partial charge in [-0.3, -0.25) is 0 Å². The summed E-state index contributed by atoms with van der Waals surface area (Å²) in [5, 5.41) is 0.628. The van der Waals surface area contributed by atoms with E-state index in [1.165, 1.54) is 18.6 Å². The van der Waals surface area contributed by atoms with Crippen LogP contribution < -0.4 is 0 Å². The molecule has 1 aliphatic carbocycles. The molecule has 1 saturated carbocycles. The predicted octanol–water partition coefficient (Wildman–Crippen LogP) is 3.14. The molecular formula is C13H23NO2S. The SMILES string of the molecule is CC(C)(C)OC(=O)N1CCC(SCC2CC2)C1. The molecule has 98 valence electrons. The smallest absolute Gasteiger partial charge is 0.410 e. The molecule has 1 saturated heterocycles. The van der Waals surface area contributed by atoms with E-state index in [0.29, 0.717) is 5.25 Å². The van der Waals surface area contributed by atoms with Crippen LogP contribution in [-0.4, -0.2) is 40.7 Å². The largest absolute Gasteiger partial charge is 0.444 e. The van der Waals surface area contributed by atoms with Crippen molar-refractivity contribution in [1.82, 2.24) is 4.90 Å². The second kappa shape index (κ2) is 5.09. The van der Waals surface area contributed by atoms with Crippen LogP contribution in [0.25, 0.3) is 0 Å². The molecule has 1 aliphatic heterocycles. The van der Waals surface area contributed by atoms with Crippen LogP contribution in [0.3, 0.4) is 0 Å². The minimum absolute atomic E-state index is 0.146. The Kier molecular flexibility index (Phi) is 3.91. The van der Waals surface area contributed by atoms with Crippen molar-refractivity contribution in [3.05, 3.63) is 0 Å². The van der Waals surface area contributed by atoms with Crippen LogP contribution in [0, 0.1) is 5.92 Å². The quantitative estimate of drug-likeness (QED) is 0.778. The molecular weight excluding hydrogens is 234 g/mol. The van der Waals surface area contributed by atoms with Gasteiger partial charge in [-0.15, -0.1) is 0 Å². The van der Waals surface area contributed by atoms with E-state index in [0.717, 1.165) is 25.4 Å². The van der Waals surface area contributed by atoms with Crippen molar-refractivity contribution >= 4 is 17.9 Å². The summed E-state index contributed by atoms with van der Waals surface area (Å²) in [7, 11) is 0. The molecule has 2 aliphatic rings. The van der Waals surface area contributed by atoms with Gasteiger partial charge in [0.1, 0.15) is 5.60 Å². The van der Waals surface area contributed by atoms with Gasteiger partial charge in [0, 0.05) is 18.3 Å². The van der Waals surface area contributed by atoms with Crippen molar-refractivity contribution in [3.8, 4) is 0 Å². The van der Waals surface area contributed by atoms with Gasteiger partial charge in [-0.1, -0.05) is 0 Å². The Bertz CT molecular complexity index is 284. The highest BCUT2D eigenvalue weighted by Crippen LogP contribution is 2.35. The fourth-order valence-corrected chi connectivity index (χ4v) is 3.35. The summed E-state index contributed by atoms with van der Waals surface area (Å²) in [4.78, 5) is 13.7. The van der Waals surface area contributed by atoms with Crippen molar-refractivity contribution < 1.29 is 9.53 Å². The molecule has 0 bridgehead atoms. The monoisotopic (exact) mass is 257 g/mol. The molecule has 4 heteroatoms. The molecule has 2 fully saturated rings. The number of hydrogen-bond acceptors (Lipinski definition) is 3. The number of ether oxygens (including phenoxy) is 1. The maximum absolute atomic E-state index is 11.9. The van der Waals surface area contributed by atoms with Crippen molar-refractivity contribution in [2.45, 2.75) is 50.9 Å². The fourth-order valence-electron chi connectivity index (χ4n) is 1.91. The zero-order valence-corrected chi connectivity index (χ0v) is 11.9. The van der Waals surface area contributed by atoms with Crippen LogP contribution in [0.4, 0.5) is 4.79 Å². The van der Waals surface area contributed by atoms with E-state index < -0.39 is 0 Å². The van der Waals surface area contributed by atoms with Gasteiger partial charge in [-0.25, -0.2) is 4.79 Å². The first kappa shape index (κ1) is 13.1. The number of likely N-dealkylation sites (tertiary alicyclic amines) is 1.